The summed E-state index contributed by atoms with van der Waals surface area (Å²) in [5, 5.41) is 16.2. The number of alkyl halides is 9. The van der Waals surface area contributed by atoms with Crippen LogP contribution in [0, 0.1) is 18.6 Å². The summed E-state index contributed by atoms with van der Waals surface area (Å²) in [6.07, 6.45) is 2.45. The summed E-state index contributed by atoms with van der Waals surface area (Å²) in [6, 6.07) is 8.56. The van der Waals surface area contributed by atoms with Crippen molar-refractivity contribution in [2.24, 2.45) is 0 Å². The molecule has 3 amide bonds. The van der Waals surface area contributed by atoms with Gasteiger partial charge in [-0.15, -0.1) is 4.80 Å². The van der Waals surface area contributed by atoms with Gasteiger partial charge in [-0.25, -0.2) is 43.7 Å². The number of halogens is 12. The molecule has 0 radical (unpaired) electrons. The van der Waals surface area contributed by atoms with Gasteiger partial charge in [0.2, 0.25) is 0 Å². The number of carbonyl (C=O) groups is 3. The van der Waals surface area contributed by atoms with Crippen molar-refractivity contribution in [1.29, 1.82) is 0 Å². The Labute approximate surface area is 521 Å². The summed E-state index contributed by atoms with van der Waals surface area (Å²) in [5.41, 5.74) is -1.01. The third kappa shape index (κ3) is 12.7. The number of fused-ring (bicyclic) bond motifs is 6. The van der Waals surface area contributed by atoms with Gasteiger partial charge < -0.3 is 28.9 Å². The highest BCUT2D eigenvalue weighted by Crippen LogP contribution is 2.44. The summed E-state index contributed by atoms with van der Waals surface area (Å²) in [6.45, 7) is 1.86. The summed E-state index contributed by atoms with van der Waals surface area (Å²) < 4.78 is 160. The average molecular weight is 1350 g/mol. The molecule has 9 unspecified atom stereocenters. The minimum absolute atomic E-state index is 0.0616. The van der Waals surface area contributed by atoms with Gasteiger partial charge >= 0.3 is 36.6 Å². The van der Waals surface area contributed by atoms with Crippen LogP contribution < -0.4 is 14.2 Å². The van der Waals surface area contributed by atoms with Crippen molar-refractivity contribution in [3.8, 4) is 29.4 Å². The number of nitrogens with zero attached hydrogens (tertiary/aromatic N) is 16. The van der Waals surface area contributed by atoms with E-state index >= 15 is 0 Å². The van der Waals surface area contributed by atoms with Crippen LogP contribution in [0.15, 0.2) is 115 Å². The van der Waals surface area contributed by atoms with Crippen LogP contribution in [0.4, 0.5) is 48.3 Å². The molecule has 14 rings (SSSR count). The molecule has 0 N–H and O–H groups in total. The van der Waals surface area contributed by atoms with Crippen molar-refractivity contribution < 1.29 is 76.9 Å². The van der Waals surface area contributed by atoms with Crippen molar-refractivity contribution in [2.45, 2.75) is 138 Å². The second kappa shape index (κ2) is 25.0. The Morgan fingerprint density at radius 3 is 1.28 bits per heavy atom. The first-order valence-electron chi connectivity index (χ1n) is 28.5. The van der Waals surface area contributed by atoms with Crippen molar-refractivity contribution in [3.63, 3.8) is 0 Å². The Kier molecular flexibility index (Phi) is 17.1. The Bertz CT molecular complexity index is 3960. The Hall–Kier alpha value is -9.37. The smallest absolute Gasteiger partial charge is 0.419 e. The summed E-state index contributed by atoms with van der Waals surface area (Å²) >= 11 is 3.11. The molecule has 9 atom stereocenters. The summed E-state index contributed by atoms with van der Waals surface area (Å²) in [7, 11) is 0. The molecule has 6 aliphatic rings. The van der Waals surface area contributed by atoms with Crippen molar-refractivity contribution in [3.05, 3.63) is 166 Å². The first kappa shape index (κ1) is 62.8. The molecule has 6 aliphatic heterocycles. The number of pyridine rings is 1. The first-order chi connectivity index (χ1) is 43.9. The molecule has 0 spiro atoms. The molecule has 6 fully saturated rings. The van der Waals surface area contributed by atoms with E-state index in [9.17, 15) is 62.7 Å². The number of ether oxygens (including phenoxy) is 3. The first-order valence-corrected chi connectivity index (χ1v) is 29.3. The second-order valence-electron chi connectivity index (χ2n) is 22.2. The van der Waals surface area contributed by atoms with E-state index in [-0.39, 0.29) is 93.1 Å². The minimum atomic E-state index is -4.55. The van der Waals surface area contributed by atoms with E-state index in [1.807, 2.05) is 6.92 Å². The maximum atomic E-state index is 14.7. The zero-order chi connectivity index (χ0) is 65.0. The zero-order valence-corrected chi connectivity index (χ0v) is 49.2. The Morgan fingerprint density at radius 1 is 0.478 bits per heavy atom. The lowest BCUT2D eigenvalue weighted by molar-refractivity contribution is -0.139. The van der Waals surface area contributed by atoms with E-state index < -0.39 is 71.1 Å². The van der Waals surface area contributed by atoms with Crippen LogP contribution in [-0.2, 0) is 18.5 Å². The topological polar surface area (TPSA) is 240 Å². The molecule has 92 heavy (non-hydrogen) atoms. The average Bonchev–Trinajstić information content (AvgIpc) is 1.62. The van der Waals surface area contributed by atoms with E-state index in [4.69, 9.17) is 14.2 Å². The Balaban J connectivity index is 0.000000133. The molecule has 480 valence electrons. The van der Waals surface area contributed by atoms with Crippen LogP contribution in [-0.4, -0.2) is 152 Å². The predicted octanol–water partition coefficient (Wildman–Crippen LogP) is 9.87. The molecule has 2 aromatic carbocycles. The van der Waals surface area contributed by atoms with Crippen LogP contribution in [0.3, 0.4) is 0 Å². The van der Waals surface area contributed by atoms with E-state index in [1.165, 1.54) is 58.6 Å². The van der Waals surface area contributed by atoms with Gasteiger partial charge in [0.05, 0.1) is 69.6 Å². The van der Waals surface area contributed by atoms with E-state index in [1.54, 1.807) is 39.1 Å². The number of hydrogen-bond acceptors (Lipinski definition) is 17. The SMILES string of the molecule is Cc1cnc(C(=O)N2C3CCC2C(Oc2ncc(C(F)(F)F)cn2)C3)c(-n2nccn2)c1.O=C(c1c(F)cccc1-n1nccn1)N1C2CCC1C(Oc1ncc(C(F)(F)F)cn1)C2.O=C(c1cccc(F)c1Br)N1C2CCC1C(Oc1ncc(C(F)(F)F)cn1)C2. The monoisotopic (exact) mass is 1350 g/mol. The number of benzene rings is 2. The highest BCUT2D eigenvalue weighted by molar-refractivity contribution is 9.10. The number of amides is 3. The van der Waals surface area contributed by atoms with Crippen molar-refractivity contribution in [1.82, 2.24) is 79.6 Å². The Morgan fingerprint density at radius 2 is 0.859 bits per heavy atom. The van der Waals surface area contributed by atoms with Crippen molar-refractivity contribution in [2.75, 3.05) is 0 Å². The third-order valence-corrected chi connectivity index (χ3v) is 17.4. The van der Waals surface area contributed by atoms with Gasteiger partial charge in [0.25, 0.3) is 17.7 Å². The van der Waals surface area contributed by atoms with Gasteiger partial charge in [-0.2, -0.15) is 64.7 Å². The lowest BCUT2D eigenvalue weighted by Crippen LogP contribution is -2.40. The fourth-order valence-corrected chi connectivity index (χ4v) is 13.0. The summed E-state index contributed by atoms with van der Waals surface area (Å²) in [5.74, 6) is -2.30. The van der Waals surface area contributed by atoms with Gasteiger partial charge in [-0.05, 0) is 97.3 Å². The van der Waals surface area contributed by atoms with Crippen LogP contribution in [0.25, 0.3) is 11.4 Å². The molecule has 6 bridgehead atoms. The number of hydrogen-bond donors (Lipinski definition) is 0. The van der Waals surface area contributed by atoms with Gasteiger partial charge in [0.1, 0.15) is 46.9 Å². The molecule has 22 nitrogen and oxygen atoms in total. The quantitative estimate of drug-likeness (QED) is 0.109. The van der Waals surface area contributed by atoms with Crippen molar-refractivity contribution >= 4 is 33.7 Å². The van der Waals surface area contributed by atoms with Crippen LogP contribution in [0.5, 0.6) is 18.0 Å². The molecule has 12 heterocycles. The third-order valence-electron chi connectivity index (χ3n) is 16.6. The number of carbonyl (C=O) groups excluding carboxylic acids is 3. The molecular weight excluding hydrogens is 1310 g/mol. The molecule has 0 saturated carbocycles. The van der Waals surface area contributed by atoms with Crippen LogP contribution in [0.2, 0.25) is 0 Å². The fourth-order valence-electron chi connectivity index (χ4n) is 12.6. The molecule has 8 aromatic rings. The normalized spacial score (nSPS) is 22.8. The molecular formula is C58H48BrF11N16O6. The lowest BCUT2D eigenvalue weighted by Gasteiger charge is -2.25. The largest absolute Gasteiger partial charge is 0.458 e. The zero-order valence-electron chi connectivity index (χ0n) is 47.6. The number of rotatable bonds is 11. The number of aryl methyl sites for hydroxylation is 1. The molecule has 6 aromatic heterocycles. The van der Waals surface area contributed by atoms with Gasteiger partial charge in [0.15, 0.2) is 5.69 Å². The van der Waals surface area contributed by atoms with Crippen LogP contribution >= 0.6 is 15.9 Å². The highest BCUT2D eigenvalue weighted by Gasteiger charge is 2.54. The summed E-state index contributed by atoms with van der Waals surface area (Å²) in [4.78, 5) is 73.7. The van der Waals surface area contributed by atoms with E-state index in [0.717, 1.165) is 18.4 Å². The molecule has 34 heteroatoms. The van der Waals surface area contributed by atoms with Gasteiger partial charge in [0, 0.05) is 80.8 Å². The maximum absolute atomic E-state index is 14.7. The minimum Gasteiger partial charge on any atom is -0.458 e. The van der Waals surface area contributed by atoms with Crippen LogP contribution in [0.1, 0.15) is 111 Å². The van der Waals surface area contributed by atoms with Gasteiger partial charge in [-0.1, -0.05) is 12.1 Å². The van der Waals surface area contributed by atoms with Gasteiger partial charge in [-0.3, -0.25) is 14.4 Å². The second-order valence-corrected chi connectivity index (χ2v) is 23.0. The predicted molar refractivity (Wildman–Crippen MR) is 296 cm³/mol. The number of aromatic nitrogens is 13. The molecule has 0 aliphatic carbocycles. The van der Waals surface area contributed by atoms with E-state index in [2.05, 4.69) is 71.2 Å². The van der Waals surface area contributed by atoms with E-state index in [0.29, 0.717) is 87.8 Å². The fraction of sp³-hybridized carbons (Fsp3) is 0.379. The standard InChI is InChI=1S/C20H16F4N6O2.C20H18F3N7O2.C18H14BrF4N3O2/c21-13-2-1-3-15(30-27-6-7-28-30)17(13)18(31)29-12-4-5-14(29)16(8-12)32-19-25-9-11(10-26-19)20(22,23)24;1-11-6-15(30-27-4-5-28-30)17(24-8-11)18(31)29-13-2-3-14(29)16(7-13)32-19-25-9-12(10-26-19)20(21,22)23;19-15-11(2-1-3-12(15)20)16(27)26-10-4-5-13(26)14(6-10)28-17-24-7-9(8-25-17)18(21,22)23/h1-3,6-7,9-10,12,14,16H,4-5,8H2;4-6,8-10,13-14,16H,2-3,7H2,1H3;1-3,7-8,10,13-14H,4-6H2. The molecule has 6 saturated heterocycles. The lowest BCUT2D eigenvalue weighted by atomic mass is 9.98. The maximum Gasteiger partial charge on any atom is 0.419 e. The highest BCUT2D eigenvalue weighted by atomic mass is 79.9.